The van der Waals surface area contributed by atoms with E-state index in [2.05, 4.69) is 70.4 Å². The van der Waals surface area contributed by atoms with Crippen molar-refractivity contribution in [2.75, 3.05) is 33.8 Å². The summed E-state index contributed by atoms with van der Waals surface area (Å²) in [5.41, 5.74) is 2.82. The zero-order valence-electron chi connectivity index (χ0n) is 16.6. The first kappa shape index (κ1) is 17.7. The van der Waals surface area contributed by atoms with Crippen LogP contribution in [-0.4, -0.2) is 48.6 Å². The van der Waals surface area contributed by atoms with Crippen molar-refractivity contribution in [3.63, 3.8) is 0 Å². The van der Waals surface area contributed by atoms with Gasteiger partial charge in [0, 0.05) is 50.0 Å². The highest BCUT2D eigenvalue weighted by Gasteiger charge is 2.45. The highest BCUT2D eigenvalue weighted by atomic mass is 16.5. The molecule has 2 saturated heterocycles. The number of pyridine rings is 1. The molecule has 3 aromatic rings. The number of hydrogen-bond acceptors (Lipinski definition) is 4. The van der Waals surface area contributed by atoms with Crippen LogP contribution in [0.4, 0.5) is 0 Å². The lowest BCUT2D eigenvalue weighted by molar-refractivity contribution is 0.225. The van der Waals surface area contributed by atoms with Gasteiger partial charge >= 0.3 is 0 Å². The van der Waals surface area contributed by atoms with Crippen molar-refractivity contribution in [2.24, 2.45) is 11.8 Å². The minimum Gasteiger partial charge on any atom is -0.497 e. The Bertz CT molecular complexity index is 966. The van der Waals surface area contributed by atoms with Crippen molar-refractivity contribution in [1.29, 1.82) is 0 Å². The summed E-state index contributed by atoms with van der Waals surface area (Å²) in [7, 11) is 4.00. The number of methoxy groups -OCH3 is 1. The van der Waals surface area contributed by atoms with E-state index in [0.29, 0.717) is 12.0 Å². The molecule has 3 atom stereocenters. The standard InChI is InChI=1S/C24H27N3O/c1-26-13-20-15-27(14-19-5-3-4-18-12-25-11-10-22(18)19)16-23(20)24(26)17-6-8-21(28-2)9-7-17/h3-12,20,23-24H,13-16H2,1-2H3/t20-,23+,24-/m0/s1. The number of benzene rings is 2. The number of fused-ring (bicyclic) bond motifs is 2. The maximum Gasteiger partial charge on any atom is 0.118 e. The van der Waals surface area contributed by atoms with Crippen LogP contribution in [0.1, 0.15) is 17.2 Å². The third kappa shape index (κ3) is 3.07. The van der Waals surface area contributed by atoms with Crippen LogP contribution in [0.5, 0.6) is 5.75 Å². The van der Waals surface area contributed by atoms with Crippen molar-refractivity contribution in [1.82, 2.24) is 14.8 Å². The zero-order valence-corrected chi connectivity index (χ0v) is 16.6. The van der Waals surface area contributed by atoms with Gasteiger partial charge in [0.15, 0.2) is 0 Å². The molecule has 0 N–H and O–H groups in total. The second-order valence-corrected chi connectivity index (χ2v) is 8.29. The Balaban J connectivity index is 1.35. The third-order valence-corrected chi connectivity index (χ3v) is 6.59. The Morgan fingerprint density at radius 3 is 2.71 bits per heavy atom. The normalized spacial score (nSPS) is 25.3. The lowest BCUT2D eigenvalue weighted by Crippen LogP contribution is -2.29. The molecule has 0 bridgehead atoms. The summed E-state index contributed by atoms with van der Waals surface area (Å²) >= 11 is 0. The van der Waals surface area contributed by atoms with Gasteiger partial charge in [-0.2, -0.15) is 0 Å². The second-order valence-electron chi connectivity index (χ2n) is 8.29. The van der Waals surface area contributed by atoms with Crippen LogP contribution in [0.2, 0.25) is 0 Å². The topological polar surface area (TPSA) is 28.6 Å². The van der Waals surface area contributed by atoms with E-state index in [-0.39, 0.29) is 0 Å². The average Bonchev–Trinajstić information content (AvgIpc) is 3.24. The van der Waals surface area contributed by atoms with Gasteiger partial charge in [0.25, 0.3) is 0 Å². The largest absolute Gasteiger partial charge is 0.497 e. The molecule has 4 heteroatoms. The number of likely N-dealkylation sites (tertiary alicyclic amines) is 2. The lowest BCUT2D eigenvalue weighted by atomic mass is 9.89. The SMILES string of the molecule is COc1ccc([C@H]2[C@@H]3CN(Cc4cccc5cnccc45)C[C@@H]3CN2C)cc1. The van der Waals surface area contributed by atoms with E-state index in [4.69, 9.17) is 4.74 Å². The van der Waals surface area contributed by atoms with Crippen molar-refractivity contribution in [3.05, 3.63) is 72.1 Å². The minimum atomic E-state index is 0.498. The fraction of sp³-hybridized carbons (Fsp3) is 0.375. The van der Waals surface area contributed by atoms with Crippen molar-refractivity contribution in [3.8, 4) is 5.75 Å². The molecule has 1 aromatic heterocycles. The first-order chi connectivity index (χ1) is 13.7. The minimum absolute atomic E-state index is 0.498. The van der Waals surface area contributed by atoms with E-state index >= 15 is 0 Å². The van der Waals surface area contributed by atoms with Crippen molar-refractivity contribution >= 4 is 10.8 Å². The Kier molecular flexibility index (Phi) is 4.53. The molecule has 28 heavy (non-hydrogen) atoms. The molecule has 5 rings (SSSR count). The van der Waals surface area contributed by atoms with Gasteiger partial charge in [0.2, 0.25) is 0 Å². The summed E-state index contributed by atoms with van der Waals surface area (Å²) in [6, 6.07) is 17.9. The Morgan fingerprint density at radius 1 is 1.04 bits per heavy atom. The first-order valence-electron chi connectivity index (χ1n) is 10.1. The molecular weight excluding hydrogens is 346 g/mol. The van der Waals surface area contributed by atoms with E-state index < -0.39 is 0 Å². The second kappa shape index (κ2) is 7.19. The highest BCUT2D eigenvalue weighted by Crippen LogP contribution is 2.44. The molecule has 0 amide bonds. The van der Waals surface area contributed by atoms with Gasteiger partial charge in [-0.1, -0.05) is 30.3 Å². The summed E-state index contributed by atoms with van der Waals surface area (Å²) in [6.45, 7) is 4.54. The molecule has 144 valence electrons. The molecule has 0 saturated carbocycles. The molecule has 0 radical (unpaired) electrons. The first-order valence-corrected chi connectivity index (χ1v) is 10.1. The molecule has 2 aromatic carbocycles. The Hall–Kier alpha value is -2.43. The summed E-state index contributed by atoms with van der Waals surface area (Å²) in [4.78, 5) is 9.46. The van der Waals surface area contributed by atoms with E-state index in [1.165, 1.54) is 35.0 Å². The highest BCUT2D eigenvalue weighted by molar-refractivity contribution is 5.84. The summed E-state index contributed by atoms with van der Waals surface area (Å²) in [6.07, 6.45) is 3.87. The predicted molar refractivity (Wildman–Crippen MR) is 112 cm³/mol. The monoisotopic (exact) mass is 373 g/mol. The molecule has 2 aliphatic heterocycles. The van der Waals surface area contributed by atoms with Gasteiger partial charge in [0.05, 0.1) is 7.11 Å². The third-order valence-electron chi connectivity index (χ3n) is 6.59. The van der Waals surface area contributed by atoms with Crippen molar-refractivity contribution < 1.29 is 4.74 Å². The van der Waals surface area contributed by atoms with Crippen LogP contribution < -0.4 is 4.74 Å². The van der Waals surface area contributed by atoms with E-state index in [9.17, 15) is 0 Å². The van der Waals surface area contributed by atoms with E-state index in [1.54, 1.807) is 7.11 Å². The van der Waals surface area contributed by atoms with Crippen LogP contribution in [0.15, 0.2) is 60.9 Å². The van der Waals surface area contributed by atoms with E-state index in [1.807, 2.05) is 12.4 Å². The van der Waals surface area contributed by atoms with Crippen LogP contribution in [0.3, 0.4) is 0 Å². The Morgan fingerprint density at radius 2 is 1.89 bits per heavy atom. The molecule has 0 aliphatic carbocycles. The molecule has 3 heterocycles. The lowest BCUT2D eigenvalue weighted by Gasteiger charge is -2.27. The number of ether oxygens (including phenoxy) is 1. The number of hydrogen-bond donors (Lipinski definition) is 0. The van der Waals surface area contributed by atoms with E-state index in [0.717, 1.165) is 24.8 Å². The fourth-order valence-electron chi connectivity index (χ4n) is 5.35. The van der Waals surface area contributed by atoms with Crippen LogP contribution in [-0.2, 0) is 6.54 Å². The van der Waals surface area contributed by atoms with Gasteiger partial charge in [0.1, 0.15) is 5.75 Å². The fourth-order valence-corrected chi connectivity index (χ4v) is 5.35. The van der Waals surface area contributed by atoms with Crippen LogP contribution >= 0.6 is 0 Å². The zero-order chi connectivity index (χ0) is 19.1. The summed E-state index contributed by atoms with van der Waals surface area (Å²) in [5, 5.41) is 2.56. The number of rotatable bonds is 4. The average molecular weight is 374 g/mol. The van der Waals surface area contributed by atoms with Gasteiger partial charge in [-0.25, -0.2) is 0 Å². The van der Waals surface area contributed by atoms with Crippen LogP contribution in [0, 0.1) is 11.8 Å². The predicted octanol–water partition coefficient (Wildman–Crippen LogP) is 3.98. The number of aromatic nitrogens is 1. The molecule has 0 unspecified atom stereocenters. The summed E-state index contributed by atoms with van der Waals surface area (Å²) < 4.78 is 5.34. The smallest absolute Gasteiger partial charge is 0.118 e. The van der Waals surface area contributed by atoms with Gasteiger partial charge in [-0.05, 0) is 53.6 Å². The molecular formula is C24H27N3O. The molecule has 0 spiro atoms. The quantitative estimate of drug-likeness (QED) is 0.692. The molecule has 4 nitrogen and oxygen atoms in total. The number of nitrogens with zero attached hydrogens (tertiary/aromatic N) is 3. The summed E-state index contributed by atoms with van der Waals surface area (Å²) in [5.74, 6) is 2.36. The van der Waals surface area contributed by atoms with Crippen LogP contribution in [0.25, 0.3) is 10.8 Å². The maximum absolute atomic E-state index is 5.34. The molecule has 2 fully saturated rings. The Labute approximate surface area is 166 Å². The van der Waals surface area contributed by atoms with Gasteiger partial charge < -0.3 is 4.74 Å². The maximum atomic E-state index is 5.34. The van der Waals surface area contributed by atoms with Gasteiger partial charge in [-0.3, -0.25) is 14.8 Å². The molecule has 2 aliphatic rings. The van der Waals surface area contributed by atoms with Crippen molar-refractivity contribution in [2.45, 2.75) is 12.6 Å². The van der Waals surface area contributed by atoms with Gasteiger partial charge in [-0.15, -0.1) is 0 Å².